The summed E-state index contributed by atoms with van der Waals surface area (Å²) in [6.45, 7) is 0. The van der Waals surface area contributed by atoms with E-state index >= 15 is 0 Å². The maximum atomic E-state index is 10.8. The summed E-state index contributed by atoms with van der Waals surface area (Å²) in [5, 5.41) is 2.48. The second-order valence-corrected chi connectivity index (χ2v) is 5.23. The summed E-state index contributed by atoms with van der Waals surface area (Å²) >= 11 is 1.70. The fourth-order valence-corrected chi connectivity index (χ4v) is 3.14. The molecule has 0 aliphatic heterocycles. The van der Waals surface area contributed by atoms with E-state index in [-0.39, 0.29) is 5.91 Å². The minimum absolute atomic E-state index is 0.244. The molecule has 2 aromatic heterocycles. The van der Waals surface area contributed by atoms with Gasteiger partial charge in [0.2, 0.25) is 5.91 Å². The van der Waals surface area contributed by atoms with E-state index in [0.717, 1.165) is 11.9 Å². The van der Waals surface area contributed by atoms with Gasteiger partial charge in [-0.15, -0.1) is 11.3 Å². The van der Waals surface area contributed by atoms with Gasteiger partial charge in [0, 0.05) is 27.6 Å². The highest BCUT2D eigenvalue weighted by Crippen LogP contribution is 2.32. The molecule has 17 heavy (non-hydrogen) atoms. The predicted octanol–water partition coefficient (Wildman–Crippen LogP) is 2.80. The van der Waals surface area contributed by atoms with Gasteiger partial charge >= 0.3 is 0 Å². The molecule has 4 heteroatoms. The highest BCUT2D eigenvalue weighted by atomic mass is 32.1. The Hall–Kier alpha value is -1.81. The van der Waals surface area contributed by atoms with E-state index in [9.17, 15) is 4.79 Å². The van der Waals surface area contributed by atoms with Crippen LogP contribution in [0.4, 0.5) is 0 Å². The van der Waals surface area contributed by atoms with Gasteiger partial charge in [-0.3, -0.25) is 4.79 Å². The van der Waals surface area contributed by atoms with E-state index in [1.54, 1.807) is 11.3 Å². The molecule has 0 aliphatic carbocycles. The van der Waals surface area contributed by atoms with Crippen molar-refractivity contribution >= 4 is 38.4 Å². The Bertz CT molecular complexity index is 696. The lowest BCUT2D eigenvalue weighted by molar-refractivity contribution is -0.117. The highest BCUT2D eigenvalue weighted by Gasteiger charge is 2.08. The Morgan fingerprint density at radius 1 is 1.29 bits per heavy atom. The number of amides is 1. The molecule has 0 unspecified atom stereocenters. The molecular formula is C13H12N2OS. The summed E-state index contributed by atoms with van der Waals surface area (Å²) in [7, 11) is 0. The van der Waals surface area contributed by atoms with Crippen molar-refractivity contribution in [2.24, 2.45) is 5.73 Å². The summed E-state index contributed by atoms with van der Waals surface area (Å²) in [5.74, 6) is -0.244. The number of nitrogens with one attached hydrogen (secondary N) is 1. The summed E-state index contributed by atoms with van der Waals surface area (Å²) in [6, 6.07) is 10.4. The number of aromatic nitrogens is 1. The fraction of sp³-hybridized carbons (Fsp3) is 0.154. The van der Waals surface area contributed by atoms with Crippen LogP contribution in [0.2, 0.25) is 0 Å². The number of aromatic amines is 1. The minimum Gasteiger partial charge on any atom is -0.370 e. The molecule has 0 aliphatic rings. The molecular weight excluding hydrogens is 232 g/mol. The van der Waals surface area contributed by atoms with Gasteiger partial charge in [0.15, 0.2) is 0 Å². The second kappa shape index (κ2) is 3.89. The lowest BCUT2D eigenvalue weighted by Crippen LogP contribution is -2.10. The number of hydrogen-bond donors (Lipinski definition) is 2. The van der Waals surface area contributed by atoms with Gasteiger partial charge in [-0.2, -0.15) is 0 Å². The van der Waals surface area contributed by atoms with E-state index in [0.29, 0.717) is 6.42 Å². The third kappa shape index (κ3) is 1.80. The van der Waals surface area contributed by atoms with Crippen molar-refractivity contribution in [3.8, 4) is 0 Å². The molecule has 3 N–H and O–H groups in total. The molecule has 0 radical (unpaired) electrons. The smallest absolute Gasteiger partial charge is 0.217 e. The first-order valence-electron chi connectivity index (χ1n) is 5.51. The first-order valence-corrected chi connectivity index (χ1v) is 6.33. The molecule has 0 spiro atoms. The van der Waals surface area contributed by atoms with Gasteiger partial charge in [0.05, 0.1) is 0 Å². The molecule has 1 amide bonds. The summed E-state index contributed by atoms with van der Waals surface area (Å²) in [4.78, 5) is 16.5. The Morgan fingerprint density at radius 2 is 2.12 bits per heavy atom. The van der Waals surface area contributed by atoms with Crippen LogP contribution in [0.15, 0.2) is 30.3 Å². The Labute approximate surface area is 102 Å². The van der Waals surface area contributed by atoms with Crippen molar-refractivity contribution in [3.63, 3.8) is 0 Å². The van der Waals surface area contributed by atoms with Gasteiger partial charge in [-0.1, -0.05) is 18.2 Å². The van der Waals surface area contributed by atoms with E-state index < -0.39 is 0 Å². The topological polar surface area (TPSA) is 58.9 Å². The number of carbonyl (C=O) groups excluding carboxylic acids is 1. The third-order valence-corrected chi connectivity index (χ3v) is 3.98. The first-order chi connectivity index (χ1) is 8.24. The number of rotatable bonds is 3. The van der Waals surface area contributed by atoms with Crippen molar-refractivity contribution in [2.75, 3.05) is 0 Å². The number of para-hydroxylation sites is 1. The molecule has 0 bridgehead atoms. The van der Waals surface area contributed by atoms with Crippen LogP contribution in [0.5, 0.6) is 0 Å². The molecule has 2 heterocycles. The van der Waals surface area contributed by atoms with Crippen LogP contribution in [0.1, 0.15) is 11.3 Å². The van der Waals surface area contributed by atoms with Crippen molar-refractivity contribution in [3.05, 3.63) is 35.2 Å². The second-order valence-electron chi connectivity index (χ2n) is 4.09. The zero-order chi connectivity index (χ0) is 11.8. The molecule has 0 atom stereocenters. The third-order valence-electron chi connectivity index (χ3n) is 2.87. The zero-order valence-electron chi connectivity index (χ0n) is 9.19. The number of aryl methyl sites for hydroxylation is 1. The van der Waals surface area contributed by atoms with Crippen LogP contribution in [0.25, 0.3) is 21.1 Å². The van der Waals surface area contributed by atoms with Crippen LogP contribution in [0, 0.1) is 0 Å². The maximum Gasteiger partial charge on any atom is 0.217 e. The Morgan fingerprint density at radius 3 is 2.94 bits per heavy atom. The first kappa shape index (κ1) is 10.4. The van der Waals surface area contributed by atoms with Gasteiger partial charge in [0.1, 0.15) is 4.83 Å². The van der Waals surface area contributed by atoms with Crippen LogP contribution in [0.3, 0.4) is 0 Å². The number of carbonyl (C=O) groups is 1. The number of benzene rings is 1. The standard InChI is InChI=1S/C13H12N2OS/c14-12(16)6-5-8-7-10-9-3-1-2-4-11(9)15-13(10)17-8/h1-4,7,15H,5-6H2,(H2,14,16). The van der Waals surface area contributed by atoms with Crippen LogP contribution in [-0.2, 0) is 11.2 Å². The summed E-state index contributed by atoms with van der Waals surface area (Å²) in [5.41, 5.74) is 6.32. The number of H-pyrrole nitrogens is 1. The molecule has 3 rings (SSSR count). The van der Waals surface area contributed by atoms with Gasteiger partial charge < -0.3 is 10.7 Å². The molecule has 3 aromatic rings. The lowest BCUT2D eigenvalue weighted by Gasteiger charge is -1.92. The van der Waals surface area contributed by atoms with E-state index in [1.165, 1.54) is 20.5 Å². The Balaban J connectivity index is 2.04. The van der Waals surface area contributed by atoms with E-state index in [1.807, 2.05) is 12.1 Å². The zero-order valence-corrected chi connectivity index (χ0v) is 10.0. The Kier molecular flexibility index (Phi) is 2.37. The molecule has 0 fully saturated rings. The molecule has 1 aromatic carbocycles. The lowest BCUT2D eigenvalue weighted by atomic mass is 10.2. The quantitative estimate of drug-likeness (QED) is 0.731. The molecule has 0 saturated carbocycles. The number of fused-ring (bicyclic) bond motifs is 3. The fourth-order valence-electron chi connectivity index (χ4n) is 2.05. The number of nitrogens with two attached hydrogens (primary N) is 1. The van der Waals surface area contributed by atoms with Crippen LogP contribution < -0.4 is 5.73 Å². The van der Waals surface area contributed by atoms with Crippen molar-refractivity contribution in [2.45, 2.75) is 12.8 Å². The normalized spacial score (nSPS) is 11.3. The van der Waals surface area contributed by atoms with Crippen LogP contribution >= 0.6 is 11.3 Å². The molecule has 0 saturated heterocycles. The largest absolute Gasteiger partial charge is 0.370 e. The van der Waals surface area contributed by atoms with Crippen molar-refractivity contribution in [1.29, 1.82) is 0 Å². The monoisotopic (exact) mass is 244 g/mol. The molecule has 3 nitrogen and oxygen atoms in total. The highest BCUT2D eigenvalue weighted by molar-refractivity contribution is 7.18. The van der Waals surface area contributed by atoms with E-state index in [4.69, 9.17) is 5.73 Å². The summed E-state index contributed by atoms with van der Waals surface area (Å²) in [6.07, 6.45) is 1.15. The van der Waals surface area contributed by atoms with Crippen LogP contribution in [-0.4, -0.2) is 10.9 Å². The predicted molar refractivity (Wildman–Crippen MR) is 71.2 cm³/mol. The van der Waals surface area contributed by atoms with Gasteiger partial charge in [-0.05, 0) is 18.6 Å². The SMILES string of the molecule is NC(=O)CCc1cc2c([nH]c3ccccc32)s1. The maximum absolute atomic E-state index is 10.8. The van der Waals surface area contributed by atoms with Gasteiger partial charge in [0.25, 0.3) is 0 Å². The van der Waals surface area contributed by atoms with Crippen molar-refractivity contribution in [1.82, 2.24) is 4.98 Å². The average molecular weight is 244 g/mol. The average Bonchev–Trinajstić information content (AvgIpc) is 2.83. The number of primary amides is 1. The van der Waals surface area contributed by atoms with Crippen molar-refractivity contribution < 1.29 is 4.79 Å². The summed E-state index contributed by atoms with van der Waals surface area (Å²) < 4.78 is 0. The minimum atomic E-state index is -0.244. The van der Waals surface area contributed by atoms with E-state index in [2.05, 4.69) is 23.2 Å². The van der Waals surface area contributed by atoms with Gasteiger partial charge in [-0.25, -0.2) is 0 Å². The number of thiophene rings is 1. The number of hydrogen-bond acceptors (Lipinski definition) is 2. The molecule has 86 valence electrons.